The molecule has 0 saturated carbocycles. The Morgan fingerprint density at radius 1 is 0.963 bits per heavy atom. The highest BCUT2D eigenvalue weighted by molar-refractivity contribution is 5.94. The number of imidazole rings is 1. The van der Waals surface area contributed by atoms with Crippen LogP contribution in [0.15, 0.2) is 47.3 Å². The van der Waals surface area contributed by atoms with Crippen molar-refractivity contribution in [1.82, 2.24) is 9.13 Å². The van der Waals surface area contributed by atoms with Crippen LogP contribution >= 0.6 is 0 Å². The third-order valence-corrected chi connectivity index (χ3v) is 4.22. The van der Waals surface area contributed by atoms with Gasteiger partial charge in [0.05, 0.1) is 17.6 Å². The van der Waals surface area contributed by atoms with Crippen LogP contribution in [0.1, 0.15) is 13.3 Å². The number of aromatic nitrogens is 2. The second kappa shape index (κ2) is 7.99. The van der Waals surface area contributed by atoms with E-state index in [1.165, 1.54) is 0 Å². The van der Waals surface area contributed by atoms with E-state index in [4.69, 9.17) is 9.47 Å². The monoisotopic (exact) mass is 369 g/mol. The standard InChI is InChI=1S/C20H23N3O4/c1-4-11-26-15-6-8-16(9-7-15)27-13-19(24)21-14-5-10-17-18(12-14)23(3)20(25)22(17)2/h5-10,12H,4,11,13H2,1-3H3,(H,21,24). The van der Waals surface area contributed by atoms with Gasteiger partial charge in [0.2, 0.25) is 0 Å². The summed E-state index contributed by atoms with van der Waals surface area (Å²) in [6.07, 6.45) is 0.946. The Bertz CT molecular complexity index is 1000. The average molecular weight is 369 g/mol. The van der Waals surface area contributed by atoms with Crippen molar-refractivity contribution in [3.8, 4) is 11.5 Å². The van der Waals surface area contributed by atoms with Crippen molar-refractivity contribution in [2.75, 3.05) is 18.5 Å². The Morgan fingerprint density at radius 2 is 1.59 bits per heavy atom. The highest BCUT2D eigenvalue weighted by Gasteiger charge is 2.10. The van der Waals surface area contributed by atoms with Crippen LogP contribution in [0.2, 0.25) is 0 Å². The third kappa shape index (κ3) is 4.13. The number of hydrogen-bond donors (Lipinski definition) is 1. The Morgan fingerprint density at radius 3 is 2.26 bits per heavy atom. The first-order valence-corrected chi connectivity index (χ1v) is 8.80. The number of rotatable bonds is 7. The number of ether oxygens (including phenoxy) is 2. The number of carbonyl (C=O) groups excluding carboxylic acids is 1. The lowest BCUT2D eigenvalue weighted by molar-refractivity contribution is -0.118. The molecule has 142 valence electrons. The largest absolute Gasteiger partial charge is 0.494 e. The van der Waals surface area contributed by atoms with E-state index in [9.17, 15) is 9.59 Å². The molecule has 3 aromatic rings. The van der Waals surface area contributed by atoms with Crippen molar-refractivity contribution >= 4 is 22.6 Å². The fourth-order valence-corrected chi connectivity index (χ4v) is 2.78. The molecule has 0 radical (unpaired) electrons. The lowest BCUT2D eigenvalue weighted by atomic mass is 10.2. The van der Waals surface area contributed by atoms with Crippen molar-refractivity contribution in [2.24, 2.45) is 14.1 Å². The molecule has 7 nitrogen and oxygen atoms in total. The predicted molar refractivity (Wildman–Crippen MR) is 105 cm³/mol. The topological polar surface area (TPSA) is 74.5 Å². The highest BCUT2D eigenvalue weighted by atomic mass is 16.5. The van der Waals surface area contributed by atoms with E-state index in [-0.39, 0.29) is 18.2 Å². The van der Waals surface area contributed by atoms with Gasteiger partial charge in [-0.05, 0) is 48.9 Å². The van der Waals surface area contributed by atoms with Gasteiger partial charge in [-0.1, -0.05) is 6.92 Å². The van der Waals surface area contributed by atoms with Crippen LogP contribution in [0.25, 0.3) is 11.0 Å². The maximum absolute atomic E-state index is 12.2. The molecular formula is C20H23N3O4. The maximum Gasteiger partial charge on any atom is 0.328 e. The van der Waals surface area contributed by atoms with Crippen molar-refractivity contribution < 1.29 is 14.3 Å². The number of nitrogens with zero attached hydrogens (tertiary/aromatic N) is 2. The lowest BCUT2D eigenvalue weighted by Gasteiger charge is -2.09. The molecule has 0 aliphatic rings. The van der Waals surface area contributed by atoms with E-state index in [0.717, 1.165) is 23.2 Å². The molecule has 7 heteroatoms. The predicted octanol–water partition coefficient (Wildman–Crippen LogP) is 2.68. The summed E-state index contributed by atoms with van der Waals surface area (Å²) in [5, 5.41) is 2.79. The first-order chi connectivity index (χ1) is 13.0. The van der Waals surface area contributed by atoms with E-state index < -0.39 is 0 Å². The fraction of sp³-hybridized carbons (Fsp3) is 0.300. The first-order valence-electron chi connectivity index (χ1n) is 8.80. The molecule has 0 fully saturated rings. The number of hydrogen-bond acceptors (Lipinski definition) is 4. The Balaban J connectivity index is 1.60. The number of fused-ring (bicyclic) bond motifs is 1. The van der Waals surface area contributed by atoms with Gasteiger partial charge in [0.1, 0.15) is 11.5 Å². The summed E-state index contributed by atoms with van der Waals surface area (Å²) in [6, 6.07) is 12.5. The van der Waals surface area contributed by atoms with Crippen LogP contribution < -0.4 is 20.5 Å². The summed E-state index contributed by atoms with van der Waals surface area (Å²) in [4.78, 5) is 24.1. The number of amides is 1. The van der Waals surface area contributed by atoms with Gasteiger partial charge in [0.15, 0.2) is 6.61 Å². The molecule has 1 heterocycles. The Kier molecular flexibility index (Phi) is 5.49. The number of aryl methyl sites for hydroxylation is 2. The molecule has 0 atom stereocenters. The Hall–Kier alpha value is -3.22. The molecule has 1 aromatic heterocycles. The molecule has 0 aliphatic heterocycles. The third-order valence-electron chi connectivity index (χ3n) is 4.22. The van der Waals surface area contributed by atoms with Crippen LogP contribution in [0.5, 0.6) is 11.5 Å². The van der Waals surface area contributed by atoms with E-state index in [0.29, 0.717) is 18.0 Å². The number of carbonyl (C=O) groups is 1. The van der Waals surface area contributed by atoms with Gasteiger partial charge < -0.3 is 14.8 Å². The van der Waals surface area contributed by atoms with E-state index in [1.54, 1.807) is 47.5 Å². The van der Waals surface area contributed by atoms with Crippen molar-refractivity contribution in [2.45, 2.75) is 13.3 Å². The van der Waals surface area contributed by atoms with E-state index >= 15 is 0 Å². The molecule has 3 rings (SSSR count). The zero-order chi connectivity index (χ0) is 19.4. The molecule has 27 heavy (non-hydrogen) atoms. The molecule has 0 unspecified atom stereocenters. The van der Waals surface area contributed by atoms with Crippen LogP contribution in [-0.2, 0) is 18.9 Å². The van der Waals surface area contributed by atoms with Gasteiger partial charge in [0, 0.05) is 19.8 Å². The molecule has 1 amide bonds. The van der Waals surface area contributed by atoms with Gasteiger partial charge in [0.25, 0.3) is 5.91 Å². The molecule has 1 N–H and O–H groups in total. The lowest BCUT2D eigenvalue weighted by Crippen LogP contribution is -2.20. The van der Waals surface area contributed by atoms with Gasteiger partial charge >= 0.3 is 5.69 Å². The minimum Gasteiger partial charge on any atom is -0.494 e. The van der Waals surface area contributed by atoms with Gasteiger partial charge in [-0.3, -0.25) is 13.9 Å². The maximum atomic E-state index is 12.2. The SMILES string of the molecule is CCCOc1ccc(OCC(=O)Nc2ccc3c(c2)n(C)c(=O)n3C)cc1. The van der Waals surface area contributed by atoms with Crippen molar-refractivity contribution in [1.29, 1.82) is 0 Å². The minimum atomic E-state index is -0.276. The summed E-state index contributed by atoms with van der Waals surface area (Å²) < 4.78 is 14.1. The number of anilines is 1. The van der Waals surface area contributed by atoms with Crippen molar-refractivity contribution in [3.05, 3.63) is 52.9 Å². The average Bonchev–Trinajstić information content (AvgIpc) is 2.89. The molecule has 0 spiro atoms. The quantitative estimate of drug-likeness (QED) is 0.695. The first kappa shape index (κ1) is 18.6. The van der Waals surface area contributed by atoms with Gasteiger partial charge in [-0.25, -0.2) is 4.79 Å². The second-order valence-electron chi connectivity index (χ2n) is 6.26. The second-order valence-corrected chi connectivity index (χ2v) is 6.26. The molecule has 0 aliphatic carbocycles. The molecule has 2 aromatic carbocycles. The highest BCUT2D eigenvalue weighted by Crippen LogP contribution is 2.19. The van der Waals surface area contributed by atoms with Crippen LogP contribution in [0.3, 0.4) is 0 Å². The summed E-state index contributed by atoms with van der Waals surface area (Å²) in [7, 11) is 3.42. The van der Waals surface area contributed by atoms with Crippen molar-refractivity contribution in [3.63, 3.8) is 0 Å². The fourth-order valence-electron chi connectivity index (χ4n) is 2.78. The Labute approximate surface area is 157 Å². The number of nitrogens with one attached hydrogen (secondary N) is 1. The molecular weight excluding hydrogens is 346 g/mol. The van der Waals surface area contributed by atoms with Crippen LogP contribution in [0, 0.1) is 0 Å². The minimum absolute atomic E-state index is 0.108. The van der Waals surface area contributed by atoms with Gasteiger partial charge in [-0.15, -0.1) is 0 Å². The summed E-state index contributed by atoms with van der Waals surface area (Å²) in [5.74, 6) is 1.09. The zero-order valence-electron chi connectivity index (χ0n) is 15.7. The molecule has 0 bridgehead atoms. The number of benzene rings is 2. The molecule has 0 saturated heterocycles. The van der Waals surface area contributed by atoms with E-state index in [2.05, 4.69) is 5.32 Å². The summed E-state index contributed by atoms with van der Waals surface area (Å²) in [6.45, 7) is 2.60. The van der Waals surface area contributed by atoms with E-state index in [1.807, 2.05) is 25.1 Å². The normalized spacial score (nSPS) is 10.8. The summed E-state index contributed by atoms with van der Waals surface area (Å²) >= 11 is 0. The summed E-state index contributed by atoms with van der Waals surface area (Å²) in [5.41, 5.74) is 2.06. The van der Waals surface area contributed by atoms with Crippen LogP contribution in [0.4, 0.5) is 5.69 Å². The van der Waals surface area contributed by atoms with Crippen LogP contribution in [-0.4, -0.2) is 28.3 Å². The zero-order valence-corrected chi connectivity index (χ0v) is 15.7. The smallest absolute Gasteiger partial charge is 0.328 e. The van der Waals surface area contributed by atoms with Gasteiger partial charge in [-0.2, -0.15) is 0 Å².